The Balaban J connectivity index is 1.81. The molecule has 29 heavy (non-hydrogen) atoms. The number of likely N-dealkylation sites (N-methyl/N-ethyl adjacent to an activating group) is 1. The number of likely N-dealkylation sites (tertiary alicyclic amines) is 1. The molecule has 1 saturated heterocycles. The molecule has 2 aliphatic heterocycles. The van der Waals surface area contributed by atoms with Gasteiger partial charge in [0.1, 0.15) is 11.8 Å². The normalized spacial score (nSPS) is 19.1. The highest BCUT2D eigenvalue weighted by Crippen LogP contribution is 2.35. The van der Waals surface area contributed by atoms with E-state index in [9.17, 15) is 24.0 Å². The van der Waals surface area contributed by atoms with Gasteiger partial charge in [0.2, 0.25) is 5.91 Å². The highest BCUT2D eigenvalue weighted by Gasteiger charge is 2.44. The zero-order valence-electron chi connectivity index (χ0n) is 15.4. The van der Waals surface area contributed by atoms with Crippen molar-refractivity contribution in [1.29, 1.82) is 0 Å². The zero-order chi connectivity index (χ0) is 20.9. The molecule has 0 radical (unpaired) electrons. The van der Waals surface area contributed by atoms with Crippen LogP contribution in [0.4, 0.5) is 0 Å². The van der Waals surface area contributed by atoms with Crippen LogP contribution in [0.15, 0.2) is 30.3 Å². The molecule has 2 aromatic carbocycles. The van der Waals surface area contributed by atoms with Gasteiger partial charge in [-0.05, 0) is 30.0 Å². The fourth-order valence-corrected chi connectivity index (χ4v) is 3.75. The molecular weight excluding hydrogens is 380 g/mol. The number of amides is 4. The Bertz CT molecular complexity index is 1110. The van der Waals surface area contributed by atoms with Gasteiger partial charge in [-0.2, -0.15) is 0 Å². The van der Waals surface area contributed by atoms with Crippen molar-refractivity contribution in [2.24, 2.45) is 0 Å². The number of carboxylic acids is 1. The van der Waals surface area contributed by atoms with Crippen LogP contribution in [0.25, 0.3) is 10.8 Å². The zero-order valence-corrected chi connectivity index (χ0v) is 15.4. The molecule has 4 amide bonds. The molecule has 1 atom stereocenters. The average molecular weight is 396 g/mol. The molecule has 0 saturated carbocycles. The highest BCUT2D eigenvalue weighted by molar-refractivity contribution is 6.27. The smallest absolute Gasteiger partial charge is 0.341 e. The maximum Gasteiger partial charge on any atom is 0.341 e. The highest BCUT2D eigenvalue weighted by atomic mass is 16.5. The summed E-state index contributed by atoms with van der Waals surface area (Å²) in [6.45, 7) is -0.588. The van der Waals surface area contributed by atoms with Gasteiger partial charge in [0, 0.05) is 24.4 Å². The van der Waals surface area contributed by atoms with E-state index in [4.69, 9.17) is 9.84 Å². The van der Waals surface area contributed by atoms with Gasteiger partial charge in [-0.1, -0.05) is 12.1 Å². The van der Waals surface area contributed by atoms with Crippen LogP contribution in [0.5, 0.6) is 5.75 Å². The number of carboxylic acid groups (broad SMARTS) is 1. The molecule has 148 valence electrons. The molecule has 0 aliphatic carbocycles. The molecule has 2 aliphatic rings. The molecule has 0 bridgehead atoms. The summed E-state index contributed by atoms with van der Waals surface area (Å²) in [6, 6.07) is 6.73. The summed E-state index contributed by atoms with van der Waals surface area (Å²) in [5, 5.41) is 9.80. The van der Waals surface area contributed by atoms with Crippen molar-refractivity contribution in [3.63, 3.8) is 0 Å². The molecular formula is C20H16N2O7. The fraction of sp³-hybridized carbons (Fsp3) is 0.250. The summed E-state index contributed by atoms with van der Waals surface area (Å²) in [7, 11) is 1.32. The predicted molar refractivity (Wildman–Crippen MR) is 98.4 cm³/mol. The van der Waals surface area contributed by atoms with E-state index >= 15 is 0 Å². The van der Waals surface area contributed by atoms with Gasteiger partial charge in [0.05, 0.1) is 5.56 Å². The average Bonchev–Trinajstić information content (AvgIpc) is 2.70. The summed E-state index contributed by atoms with van der Waals surface area (Å²) in [5.41, 5.74) is 0.402. The maximum atomic E-state index is 13.2. The molecule has 9 nitrogen and oxygen atoms in total. The van der Waals surface area contributed by atoms with Crippen molar-refractivity contribution >= 4 is 40.4 Å². The molecule has 2 aromatic rings. The third-order valence-corrected chi connectivity index (χ3v) is 5.14. The second-order valence-corrected chi connectivity index (χ2v) is 6.88. The summed E-state index contributed by atoms with van der Waals surface area (Å²) in [6.07, 6.45) is 0.1000. The van der Waals surface area contributed by atoms with E-state index < -0.39 is 36.3 Å². The third-order valence-electron chi connectivity index (χ3n) is 5.14. The van der Waals surface area contributed by atoms with E-state index in [-0.39, 0.29) is 35.6 Å². The van der Waals surface area contributed by atoms with Gasteiger partial charge in [0.15, 0.2) is 6.61 Å². The minimum absolute atomic E-state index is 0.0444. The van der Waals surface area contributed by atoms with E-state index in [0.29, 0.717) is 10.8 Å². The Kier molecular flexibility index (Phi) is 4.30. The van der Waals surface area contributed by atoms with Crippen molar-refractivity contribution in [2.75, 3.05) is 13.7 Å². The SMILES string of the molecule is CN1C(=O)CCC(N2C(=O)c3cccc4cc(OCC(=O)O)cc(c34)C2=O)C1=O. The number of nitrogens with zero attached hydrogens (tertiary/aromatic N) is 2. The predicted octanol–water partition coefficient (Wildman–Crippen LogP) is 1.05. The summed E-state index contributed by atoms with van der Waals surface area (Å²) >= 11 is 0. The number of hydrogen-bond donors (Lipinski definition) is 1. The monoisotopic (exact) mass is 396 g/mol. The van der Waals surface area contributed by atoms with Crippen LogP contribution < -0.4 is 4.74 Å². The van der Waals surface area contributed by atoms with Gasteiger partial charge >= 0.3 is 5.97 Å². The van der Waals surface area contributed by atoms with Crippen molar-refractivity contribution in [3.8, 4) is 5.75 Å². The molecule has 4 rings (SSSR count). The van der Waals surface area contributed by atoms with Gasteiger partial charge in [-0.15, -0.1) is 0 Å². The van der Waals surface area contributed by atoms with E-state index in [0.717, 1.165) is 9.80 Å². The maximum absolute atomic E-state index is 13.2. The quantitative estimate of drug-likeness (QED) is 0.767. The van der Waals surface area contributed by atoms with E-state index in [1.165, 1.54) is 13.1 Å². The molecule has 9 heteroatoms. The number of imide groups is 2. The molecule has 1 fully saturated rings. The fourth-order valence-electron chi connectivity index (χ4n) is 3.75. The standard InChI is InChI=1S/C20H16N2O7/c1-21-15(23)6-5-14(20(21)28)22-18(26)12-4-2-3-10-7-11(29-9-16(24)25)8-13(17(10)12)19(22)27/h2-4,7-8,14H,5-6,9H2,1H3,(H,24,25). The number of ether oxygens (including phenoxy) is 1. The lowest BCUT2D eigenvalue weighted by molar-refractivity contribution is -0.149. The van der Waals surface area contributed by atoms with Crippen LogP contribution >= 0.6 is 0 Å². The summed E-state index contributed by atoms with van der Waals surface area (Å²) < 4.78 is 5.22. The van der Waals surface area contributed by atoms with Crippen molar-refractivity contribution in [1.82, 2.24) is 9.80 Å². The van der Waals surface area contributed by atoms with E-state index in [2.05, 4.69) is 0 Å². The van der Waals surface area contributed by atoms with Gasteiger partial charge in [-0.3, -0.25) is 29.0 Å². The van der Waals surface area contributed by atoms with Crippen LogP contribution in [0, 0.1) is 0 Å². The first-order chi connectivity index (χ1) is 13.8. The van der Waals surface area contributed by atoms with Gasteiger partial charge in [0.25, 0.3) is 17.7 Å². The lowest BCUT2D eigenvalue weighted by atomic mass is 9.91. The second kappa shape index (κ2) is 6.69. The molecule has 0 spiro atoms. The lowest BCUT2D eigenvalue weighted by Crippen LogP contribution is -2.57. The van der Waals surface area contributed by atoms with E-state index in [1.54, 1.807) is 24.3 Å². The first-order valence-electron chi connectivity index (χ1n) is 8.89. The Morgan fingerprint density at radius 1 is 1.14 bits per heavy atom. The molecule has 2 heterocycles. The van der Waals surface area contributed by atoms with E-state index in [1.807, 2.05) is 0 Å². The third kappa shape index (κ3) is 2.91. The minimum atomic E-state index is -1.17. The summed E-state index contributed by atoms with van der Waals surface area (Å²) in [4.78, 5) is 63.3. The largest absolute Gasteiger partial charge is 0.482 e. The van der Waals surface area contributed by atoms with Crippen LogP contribution in [-0.4, -0.2) is 64.2 Å². The van der Waals surface area contributed by atoms with Crippen molar-refractivity contribution in [2.45, 2.75) is 18.9 Å². The van der Waals surface area contributed by atoms with Gasteiger partial charge in [-0.25, -0.2) is 4.79 Å². The Morgan fingerprint density at radius 2 is 1.86 bits per heavy atom. The molecule has 0 aromatic heterocycles. The van der Waals surface area contributed by atoms with Crippen molar-refractivity contribution < 1.29 is 33.8 Å². The van der Waals surface area contributed by atoms with Crippen LogP contribution in [0.3, 0.4) is 0 Å². The second-order valence-electron chi connectivity index (χ2n) is 6.88. The van der Waals surface area contributed by atoms with Crippen LogP contribution in [0.2, 0.25) is 0 Å². The first-order valence-corrected chi connectivity index (χ1v) is 8.89. The molecule has 1 N–H and O–H groups in total. The number of carbonyl (C=O) groups is 5. The Labute approximate surface area is 164 Å². The molecule has 1 unspecified atom stereocenters. The Morgan fingerprint density at radius 3 is 2.59 bits per heavy atom. The number of hydrogen-bond acceptors (Lipinski definition) is 6. The first kappa shape index (κ1) is 18.6. The summed E-state index contributed by atoms with van der Waals surface area (Å²) in [5.74, 6) is -3.27. The van der Waals surface area contributed by atoms with Crippen LogP contribution in [-0.2, 0) is 14.4 Å². The number of carbonyl (C=O) groups excluding carboxylic acids is 4. The number of benzene rings is 2. The Hall–Kier alpha value is -3.75. The topological polar surface area (TPSA) is 121 Å². The number of piperidine rings is 1. The van der Waals surface area contributed by atoms with Gasteiger partial charge < -0.3 is 9.84 Å². The lowest BCUT2D eigenvalue weighted by Gasteiger charge is -2.37. The van der Waals surface area contributed by atoms with Crippen LogP contribution in [0.1, 0.15) is 33.6 Å². The van der Waals surface area contributed by atoms with Crippen molar-refractivity contribution in [3.05, 3.63) is 41.5 Å². The number of rotatable bonds is 4. The number of aliphatic carboxylic acids is 1. The minimum Gasteiger partial charge on any atom is -0.482 e.